The van der Waals surface area contributed by atoms with E-state index in [1.54, 1.807) is 10.7 Å². The Balaban J connectivity index is 1.39. The van der Waals surface area contributed by atoms with E-state index >= 15 is 0 Å². The number of nitrogens with zero attached hydrogens (tertiary/aromatic N) is 4. The molecule has 25 heavy (non-hydrogen) atoms. The molecule has 1 N–H and O–H groups in total. The first-order chi connectivity index (χ1) is 12.2. The maximum atomic E-state index is 12.7. The van der Waals surface area contributed by atoms with Crippen molar-refractivity contribution in [3.63, 3.8) is 0 Å². The average molecular weight is 340 g/mol. The molecule has 2 heterocycles. The Morgan fingerprint density at radius 1 is 1.04 bits per heavy atom. The van der Waals surface area contributed by atoms with Crippen molar-refractivity contribution >= 4 is 5.91 Å². The molecular weight excluding hydrogens is 316 g/mol. The van der Waals surface area contributed by atoms with Crippen LogP contribution >= 0.6 is 0 Å². The van der Waals surface area contributed by atoms with Crippen molar-refractivity contribution < 1.29 is 9.90 Å². The van der Waals surface area contributed by atoms with E-state index in [0.29, 0.717) is 18.8 Å². The molecule has 2 unspecified atom stereocenters. The zero-order valence-corrected chi connectivity index (χ0v) is 14.3. The quantitative estimate of drug-likeness (QED) is 0.921. The van der Waals surface area contributed by atoms with Gasteiger partial charge in [0.1, 0.15) is 0 Å². The lowest BCUT2D eigenvalue weighted by molar-refractivity contribution is 0.0313. The molecule has 1 aliphatic heterocycles. The minimum absolute atomic E-state index is 0.0127. The monoisotopic (exact) mass is 340 g/mol. The number of piperazine rings is 1. The number of rotatable bonds is 3. The fraction of sp³-hybridized carbons (Fsp3) is 0.474. The molecule has 1 aromatic heterocycles. The number of benzene rings is 1. The maximum Gasteiger partial charge on any atom is 0.274 e. The summed E-state index contributed by atoms with van der Waals surface area (Å²) in [5.74, 6) is -0.0127. The smallest absolute Gasteiger partial charge is 0.274 e. The van der Waals surface area contributed by atoms with Crippen molar-refractivity contribution in [2.24, 2.45) is 0 Å². The Morgan fingerprint density at radius 3 is 2.48 bits per heavy atom. The molecule has 1 amide bonds. The Kier molecular flexibility index (Phi) is 4.55. The number of carbonyl (C=O) groups excluding carboxylic acids is 1. The molecular formula is C19H24N4O2. The van der Waals surface area contributed by atoms with Crippen molar-refractivity contribution in [2.45, 2.75) is 31.4 Å². The van der Waals surface area contributed by atoms with Gasteiger partial charge >= 0.3 is 0 Å². The third-order valence-corrected chi connectivity index (χ3v) is 5.34. The minimum Gasteiger partial charge on any atom is -0.391 e. The van der Waals surface area contributed by atoms with Crippen molar-refractivity contribution in [1.29, 1.82) is 0 Å². The summed E-state index contributed by atoms with van der Waals surface area (Å²) in [4.78, 5) is 16.9. The molecule has 0 radical (unpaired) electrons. The second-order valence-electron chi connectivity index (χ2n) is 6.87. The van der Waals surface area contributed by atoms with Crippen LogP contribution in [0.15, 0.2) is 42.6 Å². The molecule has 2 aromatic rings. The van der Waals surface area contributed by atoms with Gasteiger partial charge in [-0.2, -0.15) is 5.10 Å². The minimum atomic E-state index is -0.205. The van der Waals surface area contributed by atoms with Crippen LogP contribution in [-0.2, 0) is 0 Å². The lowest BCUT2D eigenvalue weighted by Gasteiger charge is -2.38. The van der Waals surface area contributed by atoms with Gasteiger partial charge in [0.2, 0.25) is 0 Å². The summed E-state index contributed by atoms with van der Waals surface area (Å²) in [6.45, 7) is 3.04. The zero-order valence-electron chi connectivity index (χ0n) is 14.3. The van der Waals surface area contributed by atoms with E-state index in [0.717, 1.165) is 38.0 Å². The van der Waals surface area contributed by atoms with Crippen LogP contribution in [0.5, 0.6) is 0 Å². The Labute approximate surface area is 147 Å². The van der Waals surface area contributed by atoms with Crippen LogP contribution < -0.4 is 0 Å². The van der Waals surface area contributed by atoms with Gasteiger partial charge < -0.3 is 10.0 Å². The molecule has 1 aliphatic carbocycles. The van der Waals surface area contributed by atoms with Crippen molar-refractivity contribution in [3.05, 3.63) is 48.3 Å². The van der Waals surface area contributed by atoms with Gasteiger partial charge in [0.25, 0.3) is 5.91 Å². The van der Waals surface area contributed by atoms with Gasteiger partial charge in [-0.25, -0.2) is 4.68 Å². The highest BCUT2D eigenvalue weighted by Crippen LogP contribution is 2.25. The Hall–Kier alpha value is -2.18. The van der Waals surface area contributed by atoms with E-state index in [1.807, 2.05) is 41.4 Å². The number of amides is 1. The normalized spacial score (nSPS) is 24.6. The van der Waals surface area contributed by atoms with Crippen LogP contribution in [-0.4, -0.2) is 68.9 Å². The molecule has 2 atom stereocenters. The summed E-state index contributed by atoms with van der Waals surface area (Å²) in [7, 11) is 0. The molecule has 132 valence electrons. The van der Waals surface area contributed by atoms with Gasteiger partial charge in [0.05, 0.1) is 11.8 Å². The van der Waals surface area contributed by atoms with Crippen LogP contribution in [0.3, 0.4) is 0 Å². The first kappa shape index (κ1) is 16.3. The van der Waals surface area contributed by atoms with Gasteiger partial charge in [0.15, 0.2) is 5.69 Å². The number of carbonyl (C=O) groups is 1. The van der Waals surface area contributed by atoms with Crippen LogP contribution in [0.25, 0.3) is 5.69 Å². The van der Waals surface area contributed by atoms with Gasteiger partial charge in [-0.15, -0.1) is 0 Å². The third-order valence-electron chi connectivity index (χ3n) is 5.34. The van der Waals surface area contributed by atoms with Crippen molar-refractivity contribution in [1.82, 2.24) is 19.6 Å². The Bertz CT molecular complexity index is 722. The second-order valence-corrected chi connectivity index (χ2v) is 6.87. The van der Waals surface area contributed by atoms with E-state index < -0.39 is 0 Å². The molecule has 1 saturated heterocycles. The SMILES string of the molecule is O=C(c1ccn(-c2ccccc2)n1)N1CCN(C2CCCC2O)CC1. The lowest BCUT2D eigenvalue weighted by Crippen LogP contribution is -2.53. The van der Waals surface area contributed by atoms with E-state index in [4.69, 9.17) is 0 Å². The van der Waals surface area contributed by atoms with Gasteiger partial charge in [-0.1, -0.05) is 18.2 Å². The third kappa shape index (κ3) is 3.32. The van der Waals surface area contributed by atoms with Gasteiger partial charge in [-0.3, -0.25) is 9.69 Å². The summed E-state index contributed by atoms with van der Waals surface area (Å²) >= 11 is 0. The van der Waals surface area contributed by atoms with Crippen LogP contribution in [0.4, 0.5) is 0 Å². The van der Waals surface area contributed by atoms with Crippen LogP contribution in [0.2, 0.25) is 0 Å². The molecule has 0 spiro atoms. The fourth-order valence-electron chi connectivity index (χ4n) is 3.93. The van der Waals surface area contributed by atoms with E-state index in [-0.39, 0.29) is 18.1 Å². The van der Waals surface area contributed by atoms with E-state index in [1.165, 1.54) is 0 Å². The molecule has 1 aromatic carbocycles. The largest absolute Gasteiger partial charge is 0.391 e. The first-order valence-electron chi connectivity index (χ1n) is 9.05. The summed E-state index contributed by atoms with van der Waals surface area (Å²) < 4.78 is 1.73. The van der Waals surface area contributed by atoms with Crippen molar-refractivity contribution in [2.75, 3.05) is 26.2 Å². The summed E-state index contributed by atoms with van der Waals surface area (Å²) in [6, 6.07) is 11.8. The number of hydrogen-bond acceptors (Lipinski definition) is 4. The molecule has 4 rings (SSSR count). The fourth-order valence-corrected chi connectivity index (χ4v) is 3.93. The second kappa shape index (κ2) is 6.98. The molecule has 2 aliphatic rings. The molecule has 1 saturated carbocycles. The summed E-state index contributed by atoms with van der Waals surface area (Å²) in [6.07, 6.45) is 4.69. The number of aromatic nitrogens is 2. The lowest BCUT2D eigenvalue weighted by atomic mass is 10.1. The maximum absolute atomic E-state index is 12.7. The van der Waals surface area contributed by atoms with Crippen LogP contribution in [0, 0.1) is 0 Å². The highest BCUT2D eigenvalue weighted by atomic mass is 16.3. The topological polar surface area (TPSA) is 61.6 Å². The first-order valence-corrected chi connectivity index (χ1v) is 9.05. The predicted molar refractivity (Wildman–Crippen MR) is 94.7 cm³/mol. The summed E-state index contributed by atoms with van der Waals surface area (Å²) in [5.41, 5.74) is 1.43. The highest BCUT2D eigenvalue weighted by Gasteiger charge is 2.33. The average Bonchev–Trinajstić information content (AvgIpc) is 3.31. The number of aliphatic hydroxyl groups excluding tert-OH is 1. The van der Waals surface area contributed by atoms with E-state index in [9.17, 15) is 9.90 Å². The Morgan fingerprint density at radius 2 is 1.80 bits per heavy atom. The van der Waals surface area contributed by atoms with Gasteiger partial charge in [0, 0.05) is 38.4 Å². The predicted octanol–water partition coefficient (Wildman–Crippen LogP) is 1.54. The van der Waals surface area contributed by atoms with Gasteiger partial charge in [-0.05, 0) is 37.5 Å². The number of para-hydroxylation sites is 1. The van der Waals surface area contributed by atoms with E-state index in [2.05, 4.69) is 10.00 Å². The summed E-state index contributed by atoms with van der Waals surface area (Å²) in [5, 5.41) is 14.5. The molecule has 0 bridgehead atoms. The zero-order chi connectivity index (χ0) is 17.2. The highest BCUT2D eigenvalue weighted by molar-refractivity contribution is 5.92. The number of aliphatic hydroxyl groups is 1. The van der Waals surface area contributed by atoms with Crippen molar-refractivity contribution in [3.8, 4) is 5.69 Å². The molecule has 6 heteroatoms. The standard InChI is InChI=1S/C19H24N4O2/c24-18-8-4-7-17(18)21-11-13-22(14-12-21)19(25)16-9-10-23(20-16)15-5-2-1-3-6-15/h1-3,5-6,9-10,17-18,24H,4,7-8,11-14H2. The molecule has 6 nitrogen and oxygen atoms in total. The number of hydrogen-bond donors (Lipinski definition) is 1. The molecule has 2 fully saturated rings. The van der Waals surface area contributed by atoms with Crippen LogP contribution in [0.1, 0.15) is 29.8 Å².